The molecule has 0 aromatic carbocycles. The van der Waals surface area contributed by atoms with Crippen LogP contribution in [0.1, 0.15) is 34.1 Å². The van der Waals surface area contributed by atoms with E-state index in [0.717, 1.165) is 5.57 Å². The van der Waals surface area contributed by atoms with E-state index in [1.54, 1.807) is 6.92 Å². The third-order valence-corrected chi connectivity index (χ3v) is 2.04. The van der Waals surface area contributed by atoms with E-state index in [1.807, 2.05) is 13.8 Å². The van der Waals surface area contributed by atoms with Gasteiger partial charge in [0.2, 0.25) is 0 Å². The fourth-order valence-electron chi connectivity index (χ4n) is 1.68. The summed E-state index contributed by atoms with van der Waals surface area (Å²) in [6.45, 7) is 6.87. The molecule has 1 rings (SSSR count). The quantitative estimate of drug-likeness (QED) is 0.457. The maximum atomic E-state index is 11.4. The Morgan fingerprint density at radius 1 is 1.46 bits per heavy atom. The minimum atomic E-state index is -0.485. The third kappa shape index (κ3) is 1.97. The van der Waals surface area contributed by atoms with Crippen LogP contribution in [0.15, 0.2) is 11.1 Å². The first-order valence-electron chi connectivity index (χ1n) is 4.27. The van der Waals surface area contributed by atoms with Crippen LogP contribution in [0.25, 0.3) is 0 Å². The van der Waals surface area contributed by atoms with Gasteiger partial charge in [-0.25, -0.2) is 4.79 Å². The maximum Gasteiger partial charge on any atom is 0.342 e. The lowest BCUT2D eigenvalue weighted by molar-refractivity contribution is -0.154. The first kappa shape index (κ1) is 9.96. The predicted molar refractivity (Wildman–Crippen MR) is 48.2 cm³/mol. The minimum Gasteiger partial charge on any atom is -0.456 e. The molecule has 0 bridgehead atoms. The van der Waals surface area contributed by atoms with E-state index < -0.39 is 11.6 Å². The number of Topliss-reactive ketones (excluding diaryl/α,β-unsaturated/α-hetero) is 1. The van der Waals surface area contributed by atoms with E-state index in [-0.39, 0.29) is 11.4 Å². The highest BCUT2D eigenvalue weighted by Gasteiger charge is 2.34. The van der Waals surface area contributed by atoms with Crippen LogP contribution in [0.5, 0.6) is 0 Å². The Balaban J connectivity index is 3.09. The van der Waals surface area contributed by atoms with Crippen LogP contribution in [-0.4, -0.2) is 17.4 Å². The largest absolute Gasteiger partial charge is 0.456 e. The predicted octanol–water partition coefficient (Wildman–Crippen LogP) is 1.62. The number of ether oxygens (including phenoxy) is 1. The summed E-state index contributed by atoms with van der Waals surface area (Å²) in [5.74, 6) is -0.695. The molecule has 1 aliphatic rings. The summed E-state index contributed by atoms with van der Waals surface area (Å²) in [7, 11) is 0. The van der Waals surface area contributed by atoms with Crippen LogP contribution in [-0.2, 0) is 14.3 Å². The standard InChI is InChI=1S/C10H14O3/c1-6-5-10(3,4)13-9(12)8(6)7(2)11/h5H2,1-4H3. The summed E-state index contributed by atoms with van der Waals surface area (Å²) in [6.07, 6.45) is 0.633. The van der Waals surface area contributed by atoms with E-state index in [4.69, 9.17) is 4.74 Å². The molecule has 3 nitrogen and oxygen atoms in total. The van der Waals surface area contributed by atoms with Gasteiger partial charge >= 0.3 is 5.97 Å². The molecule has 1 aliphatic heterocycles. The van der Waals surface area contributed by atoms with Gasteiger partial charge < -0.3 is 4.74 Å². The van der Waals surface area contributed by atoms with Crippen molar-refractivity contribution in [3.05, 3.63) is 11.1 Å². The number of carbonyl (C=O) groups excluding carboxylic acids is 2. The number of hydrogen-bond donors (Lipinski definition) is 0. The van der Waals surface area contributed by atoms with Gasteiger partial charge in [0.15, 0.2) is 5.78 Å². The van der Waals surface area contributed by atoms with Gasteiger partial charge in [-0.15, -0.1) is 0 Å². The number of hydrogen-bond acceptors (Lipinski definition) is 3. The summed E-state index contributed by atoms with van der Waals surface area (Å²) < 4.78 is 5.10. The molecule has 1 heterocycles. The smallest absolute Gasteiger partial charge is 0.342 e. The van der Waals surface area contributed by atoms with Gasteiger partial charge in [0.25, 0.3) is 0 Å². The number of cyclic esters (lactones) is 1. The van der Waals surface area contributed by atoms with Crippen molar-refractivity contribution in [1.29, 1.82) is 0 Å². The molecule has 72 valence electrons. The van der Waals surface area contributed by atoms with E-state index in [9.17, 15) is 9.59 Å². The molecular formula is C10H14O3. The lowest BCUT2D eigenvalue weighted by atomic mass is 9.91. The van der Waals surface area contributed by atoms with E-state index in [1.165, 1.54) is 6.92 Å². The molecule has 0 fully saturated rings. The van der Waals surface area contributed by atoms with Gasteiger partial charge in [-0.3, -0.25) is 4.79 Å². The van der Waals surface area contributed by atoms with Crippen molar-refractivity contribution in [3.8, 4) is 0 Å². The summed E-state index contributed by atoms with van der Waals surface area (Å²) in [5.41, 5.74) is 0.577. The van der Waals surface area contributed by atoms with Crippen molar-refractivity contribution in [1.82, 2.24) is 0 Å². The lowest BCUT2D eigenvalue weighted by Gasteiger charge is -2.30. The van der Waals surface area contributed by atoms with Gasteiger partial charge in [0, 0.05) is 6.42 Å². The SMILES string of the molecule is CC(=O)C1=C(C)CC(C)(C)OC1=O. The van der Waals surface area contributed by atoms with E-state index in [2.05, 4.69) is 0 Å². The van der Waals surface area contributed by atoms with Crippen LogP contribution < -0.4 is 0 Å². The molecule has 0 amide bonds. The molecule has 0 unspecified atom stereocenters. The summed E-state index contributed by atoms with van der Waals surface area (Å²) in [4.78, 5) is 22.4. The van der Waals surface area contributed by atoms with Gasteiger partial charge in [0.1, 0.15) is 11.2 Å². The Bertz CT molecular complexity index is 297. The molecule has 0 N–H and O–H groups in total. The van der Waals surface area contributed by atoms with Crippen molar-refractivity contribution in [2.24, 2.45) is 0 Å². The molecule has 13 heavy (non-hydrogen) atoms. The monoisotopic (exact) mass is 182 g/mol. The van der Waals surface area contributed by atoms with Crippen LogP contribution in [0.4, 0.5) is 0 Å². The molecule has 0 aliphatic carbocycles. The first-order valence-corrected chi connectivity index (χ1v) is 4.27. The number of carbonyl (C=O) groups is 2. The average Bonchev–Trinajstić information content (AvgIpc) is 1.78. The zero-order valence-electron chi connectivity index (χ0n) is 8.43. The Hall–Kier alpha value is -1.12. The maximum absolute atomic E-state index is 11.4. The highest BCUT2D eigenvalue weighted by atomic mass is 16.6. The van der Waals surface area contributed by atoms with Gasteiger partial charge in [-0.2, -0.15) is 0 Å². The topological polar surface area (TPSA) is 43.4 Å². The number of rotatable bonds is 1. The minimum absolute atomic E-state index is 0.210. The highest BCUT2D eigenvalue weighted by Crippen LogP contribution is 2.29. The molecule has 0 saturated heterocycles. The van der Waals surface area contributed by atoms with Crippen LogP contribution >= 0.6 is 0 Å². The van der Waals surface area contributed by atoms with Gasteiger partial charge in [-0.1, -0.05) is 5.57 Å². The summed E-state index contributed by atoms with van der Waals surface area (Å²) >= 11 is 0. The van der Waals surface area contributed by atoms with Crippen LogP contribution in [0.3, 0.4) is 0 Å². The Labute approximate surface area is 77.8 Å². The van der Waals surface area contributed by atoms with E-state index in [0.29, 0.717) is 6.42 Å². The van der Waals surface area contributed by atoms with Crippen LogP contribution in [0.2, 0.25) is 0 Å². The fourth-order valence-corrected chi connectivity index (χ4v) is 1.68. The molecular weight excluding hydrogens is 168 g/mol. The molecule has 0 spiro atoms. The van der Waals surface area contributed by atoms with Crippen molar-refractivity contribution in [2.75, 3.05) is 0 Å². The number of esters is 1. The van der Waals surface area contributed by atoms with E-state index >= 15 is 0 Å². The zero-order valence-corrected chi connectivity index (χ0v) is 8.43. The van der Waals surface area contributed by atoms with Crippen molar-refractivity contribution in [2.45, 2.75) is 39.7 Å². The Morgan fingerprint density at radius 3 is 2.38 bits per heavy atom. The van der Waals surface area contributed by atoms with Crippen molar-refractivity contribution >= 4 is 11.8 Å². The molecule has 0 aromatic heterocycles. The zero-order chi connectivity index (χ0) is 10.2. The fraction of sp³-hybridized carbons (Fsp3) is 0.600. The Kier molecular flexibility index (Phi) is 2.28. The highest BCUT2D eigenvalue weighted by molar-refractivity contribution is 6.17. The normalized spacial score (nSPS) is 21.4. The second-order valence-electron chi connectivity index (χ2n) is 4.04. The molecule has 0 aromatic rings. The number of ketones is 1. The van der Waals surface area contributed by atoms with Gasteiger partial charge in [-0.05, 0) is 27.7 Å². The molecule has 0 atom stereocenters. The first-order chi connectivity index (χ1) is 5.83. The lowest BCUT2D eigenvalue weighted by Crippen LogP contribution is -2.35. The molecule has 3 heteroatoms. The molecule has 0 radical (unpaired) electrons. The summed E-state index contributed by atoms with van der Waals surface area (Å²) in [5, 5.41) is 0. The molecule has 0 saturated carbocycles. The van der Waals surface area contributed by atoms with Gasteiger partial charge in [0.05, 0.1) is 0 Å². The van der Waals surface area contributed by atoms with Crippen molar-refractivity contribution < 1.29 is 14.3 Å². The average molecular weight is 182 g/mol. The third-order valence-electron chi connectivity index (χ3n) is 2.04. The summed E-state index contributed by atoms with van der Waals surface area (Å²) in [6, 6.07) is 0. The Morgan fingerprint density at radius 2 is 2.00 bits per heavy atom. The van der Waals surface area contributed by atoms with Crippen LogP contribution in [0, 0.1) is 0 Å². The second-order valence-corrected chi connectivity index (χ2v) is 4.04. The van der Waals surface area contributed by atoms with Crippen molar-refractivity contribution in [3.63, 3.8) is 0 Å². The second kappa shape index (κ2) is 2.98.